The van der Waals surface area contributed by atoms with Gasteiger partial charge >= 0.3 is 0 Å². The number of aromatic nitrogens is 2. The predicted molar refractivity (Wildman–Crippen MR) is 100 cm³/mol. The van der Waals surface area contributed by atoms with Gasteiger partial charge in [-0.05, 0) is 48.2 Å². The second kappa shape index (κ2) is 6.68. The average Bonchev–Trinajstić information content (AvgIpc) is 3.01. The van der Waals surface area contributed by atoms with Crippen LogP contribution in [0.4, 0.5) is 10.1 Å². The third-order valence-corrected chi connectivity index (χ3v) is 4.30. The van der Waals surface area contributed by atoms with Crippen molar-refractivity contribution >= 4 is 33.6 Å². The highest BCUT2D eigenvalue weighted by molar-refractivity contribution is 5.98. The number of aryl methyl sites for hydroxylation is 2. The normalized spacial score (nSPS) is 11.2. The molecule has 2 aromatic carbocycles. The molecule has 2 heterocycles. The maximum absolute atomic E-state index is 13.3. The summed E-state index contributed by atoms with van der Waals surface area (Å²) in [7, 11) is 0. The van der Waals surface area contributed by atoms with Crippen molar-refractivity contribution in [1.29, 1.82) is 0 Å². The molecular formula is C20H16FN3O3. The van der Waals surface area contributed by atoms with E-state index in [9.17, 15) is 14.0 Å². The molecule has 0 bridgehead atoms. The molecule has 0 saturated carbocycles. The Balaban J connectivity index is 1.50. The lowest BCUT2D eigenvalue weighted by Crippen LogP contribution is -2.17. The fourth-order valence-corrected chi connectivity index (χ4v) is 3.02. The molecule has 4 aromatic rings. The number of para-hydroxylation sites is 1. The van der Waals surface area contributed by atoms with Crippen LogP contribution in [0.5, 0.6) is 0 Å². The largest absolute Gasteiger partial charge is 0.439 e. The third kappa shape index (κ3) is 3.44. The van der Waals surface area contributed by atoms with E-state index in [1.165, 1.54) is 12.1 Å². The van der Waals surface area contributed by atoms with E-state index in [0.717, 1.165) is 0 Å². The molecule has 0 unspecified atom stereocenters. The van der Waals surface area contributed by atoms with Gasteiger partial charge in [0.25, 0.3) is 5.56 Å². The van der Waals surface area contributed by atoms with Crippen molar-refractivity contribution in [3.63, 3.8) is 0 Å². The molecule has 0 saturated heterocycles. The number of fused-ring (bicyclic) bond motifs is 2. The molecular weight excluding hydrogens is 349 g/mol. The van der Waals surface area contributed by atoms with Crippen LogP contribution >= 0.6 is 0 Å². The van der Waals surface area contributed by atoms with E-state index in [2.05, 4.69) is 15.3 Å². The van der Waals surface area contributed by atoms with Gasteiger partial charge in [-0.2, -0.15) is 0 Å². The Labute approximate surface area is 153 Å². The van der Waals surface area contributed by atoms with Crippen LogP contribution in [0.1, 0.15) is 17.9 Å². The van der Waals surface area contributed by atoms with Gasteiger partial charge in [-0.25, -0.2) is 9.37 Å². The van der Waals surface area contributed by atoms with Crippen molar-refractivity contribution in [3.05, 3.63) is 70.1 Å². The zero-order valence-corrected chi connectivity index (χ0v) is 14.5. The van der Waals surface area contributed by atoms with Crippen LogP contribution in [0, 0.1) is 12.7 Å². The van der Waals surface area contributed by atoms with E-state index in [-0.39, 0.29) is 24.3 Å². The molecule has 7 heteroatoms. The summed E-state index contributed by atoms with van der Waals surface area (Å²) in [5.41, 5.74) is 2.31. The number of nitrogens with one attached hydrogen (secondary N) is 2. The van der Waals surface area contributed by atoms with Crippen LogP contribution in [-0.2, 0) is 11.2 Å². The summed E-state index contributed by atoms with van der Waals surface area (Å²) in [4.78, 5) is 31.4. The van der Waals surface area contributed by atoms with Gasteiger partial charge in [0.15, 0.2) is 11.5 Å². The van der Waals surface area contributed by atoms with E-state index >= 15 is 0 Å². The fourth-order valence-electron chi connectivity index (χ4n) is 3.02. The Kier molecular flexibility index (Phi) is 4.19. The summed E-state index contributed by atoms with van der Waals surface area (Å²) >= 11 is 0. The minimum Gasteiger partial charge on any atom is -0.439 e. The molecule has 0 aliphatic heterocycles. The molecule has 2 N–H and O–H groups in total. The number of anilines is 1. The monoisotopic (exact) mass is 365 g/mol. The molecule has 0 spiro atoms. The van der Waals surface area contributed by atoms with Crippen LogP contribution in [0.3, 0.4) is 0 Å². The summed E-state index contributed by atoms with van der Waals surface area (Å²) in [6.07, 6.45) is 0.388. The van der Waals surface area contributed by atoms with Gasteiger partial charge in [0.05, 0.1) is 11.2 Å². The van der Waals surface area contributed by atoms with Crippen molar-refractivity contribution in [1.82, 2.24) is 9.97 Å². The summed E-state index contributed by atoms with van der Waals surface area (Å²) in [5.74, 6) is -0.136. The van der Waals surface area contributed by atoms with Gasteiger partial charge in [-0.1, -0.05) is 6.07 Å². The number of oxazole rings is 1. The predicted octanol–water partition coefficient (Wildman–Crippen LogP) is 3.69. The molecule has 0 atom stereocenters. The number of pyridine rings is 1. The number of hydrogen-bond donors (Lipinski definition) is 2. The van der Waals surface area contributed by atoms with Gasteiger partial charge in [-0.3, -0.25) is 9.59 Å². The van der Waals surface area contributed by atoms with Gasteiger partial charge in [-0.15, -0.1) is 0 Å². The lowest BCUT2D eigenvalue weighted by Gasteiger charge is -2.06. The number of halogens is 1. The van der Waals surface area contributed by atoms with E-state index in [1.807, 2.05) is 0 Å². The van der Waals surface area contributed by atoms with Gasteiger partial charge in [0.2, 0.25) is 5.91 Å². The maximum atomic E-state index is 13.3. The van der Waals surface area contributed by atoms with Gasteiger partial charge < -0.3 is 14.7 Å². The molecule has 6 nitrogen and oxygen atoms in total. The van der Waals surface area contributed by atoms with Crippen molar-refractivity contribution in [2.45, 2.75) is 19.8 Å². The molecule has 27 heavy (non-hydrogen) atoms. The minimum atomic E-state index is -0.415. The first-order valence-corrected chi connectivity index (χ1v) is 8.47. The van der Waals surface area contributed by atoms with E-state index < -0.39 is 5.82 Å². The number of nitrogens with zero attached hydrogens (tertiary/aromatic N) is 1. The Morgan fingerprint density at radius 1 is 1.26 bits per heavy atom. The van der Waals surface area contributed by atoms with Crippen LogP contribution in [0.25, 0.3) is 22.0 Å². The zero-order chi connectivity index (χ0) is 19.0. The third-order valence-electron chi connectivity index (χ3n) is 4.30. The van der Waals surface area contributed by atoms with Crippen molar-refractivity contribution in [2.75, 3.05) is 5.32 Å². The molecule has 0 radical (unpaired) electrons. The van der Waals surface area contributed by atoms with Crippen LogP contribution in [0.2, 0.25) is 0 Å². The summed E-state index contributed by atoms with van der Waals surface area (Å²) in [5, 5.41) is 3.51. The number of rotatable bonds is 4. The maximum Gasteiger partial charge on any atom is 0.251 e. The second-order valence-electron chi connectivity index (χ2n) is 6.29. The Morgan fingerprint density at radius 3 is 2.96 bits per heavy atom. The topological polar surface area (TPSA) is 88.0 Å². The van der Waals surface area contributed by atoms with Crippen LogP contribution < -0.4 is 10.9 Å². The van der Waals surface area contributed by atoms with E-state index in [4.69, 9.17) is 4.42 Å². The number of benzene rings is 2. The summed E-state index contributed by atoms with van der Waals surface area (Å²) in [6.45, 7) is 1.74. The minimum absolute atomic E-state index is 0.124. The highest BCUT2D eigenvalue weighted by Gasteiger charge is 2.12. The molecule has 0 aliphatic carbocycles. The number of amides is 1. The first-order chi connectivity index (χ1) is 13.0. The zero-order valence-electron chi connectivity index (χ0n) is 14.5. The molecule has 4 rings (SSSR count). The van der Waals surface area contributed by atoms with Crippen LogP contribution in [-0.4, -0.2) is 15.9 Å². The van der Waals surface area contributed by atoms with Crippen molar-refractivity contribution < 1.29 is 13.6 Å². The lowest BCUT2D eigenvalue weighted by molar-refractivity contribution is -0.116. The van der Waals surface area contributed by atoms with Gasteiger partial charge in [0, 0.05) is 18.9 Å². The summed E-state index contributed by atoms with van der Waals surface area (Å²) < 4.78 is 18.8. The molecule has 0 aliphatic rings. The Bertz CT molecular complexity index is 1230. The van der Waals surface area contributed by atoms with Crippen molar-refractivity contribution in [3.8, 4) is 0 Å². The second-order valence-corrected chi connectivity index (χ2v) is 6.29. The quantitative estimate of drug-likeness (QED) is 0.577. The standard InChI is InChI=1S/C20H16FN3O3/c1-11-22-15-3-2-4-16(19(15)27-11)23-18(25)8-6-13-9-12-5-7-14(21)10-17(12)24-20(13)26/h2-5,7,9-10H,6,8H2,1H3,(H,23,25)(H,24,26). The number of hydrogen-bond acceptors (Lipinski definition) is 4. The number of H-pyrrole nitrogens is 1. The Morgan fingerprint density at radius 2 is 2.11 bits per heavy atom. The van der Waals surface area contributed by atoms with E-state index in [1.54, 1.807) is 37.3 Å². The number of aromatic amines is 1. The van der Waals surface area contributed by atoms with E-state index in [0.29, 0.717) is 39.1 Å². The smallest absolute Gasteiger partial charge is 0.251 e. The molecule has 0 fully saturated rings. The highest BCUT2D eigenvalue weighted by atomic mass is 19.1. The number of carbonyl (C=O) groups excluding carboxylic acids is 1. The number of carbonyl (C=O) groups is 1. The Hall–Kier alpha value is -3.48. The fraction of sp³-hybridized carbons (Fsp3) is 0.150. The molecule has 1 amide bonds. The van der Waals surface area contributed by atoms with Gasteiger partial charge in [0.1, 0.15) is 11.3 Å². The molecule has 2 aromatic heterocycles. The first kappa shape index (κ1) is 17.0. The first-order valence-electron chi connectivity index (χ1n) is 8.47. The average molecular weight is 365 g/mol. The highest BCUT2D eigenvalue weighted by Crippen LogP contribution is 2.24. The summed E-state index contributed by atoms with van der Waals surface area (Å²) in [6, 6.07) is 11.2. The van der Waals surface area contributed by atoms with Crippen molar-refractivity contribution in [2.24, 2.45) is 0 Å². The van der Waals surface area contributed by atoms with Crippen LogP contribution in [0.15, 0.2) is 51.7 Å². The SMILES string of the molecule is Cc1nc2cccc(NC(=O)CCc3cc4ccc(F)cc4[nH]c3=O)c2o1. The molecule has 136 valence electrons. The lowest BCUT2D eigenvalue weighted by atomic mass is 10.1.